The van der Waals surface area contributed by atoms with Crippen LogP contribution < -0.4 is 5.32 Å². The maximum Gasteiger partial charge on any atom is 0.490 e. The van der Waals surface area contributed by atoms with E-state index >= 15 is 0 Å². The van der Waals surface area contributed by atoms with E-state index in [0.717, 1.165) is 50.8 Å². The lowest BCUT2D eigenvalue weighted by atomic mass is 10.1. The van der Waals surface area contributed by atoms with Gasteiger partial charge in [0, 0.05) is 25.0 Å². The van der Waals surface area contributed by atoms with Gasteiger partial charge in [-0.2, -0.15) is 13.2 Å². The fourth-order valence-electron chi connectivity index (χ4n) is 3.75. The van der Waals surface area contributed by atoms with Crippen molar-refractivity contribution < 1.29 is 37.0 Å². The third kappa shape index (κ3) is 6.20. The molecule has 2 aliphatic carbocycles. The minimum absolute atomic E-state index is 0.103. The molecule has 0 unspecified atom stereocenters. The molecule has 1 aromatic heterocycles. The number of alkyl halides is 3. The van der Waals surface area contributed by atoms with Crippen molar-refractivity contribution in [1.29, 1.82) is 0 Å². The van der Waals surface area contributed by atoms with Crippen molar-refractivity contribution in [3.8, 4) is 0 Å². The average Bonchev–Trinajstić information content (AvgIpc) is 3.15. The molecule has 1 aromatic rings. The number of ether oxygens (including phenoxy) is 1. The molecule has 1 amide bonds. The second-order valence-corrected chi connectivity index (χ2v) is 7.69. The molecule has 162 valence electrons. The third-order valence-electron chi connectivity index (χ3n) is 5.47. The standard InChI is InChI=1S/C17H24N2O3.C2HF3O2/c20-17(18-10-12-3-4-12)13-8-15-16(9-13)22-7-5-19(15)11-14-2-1-6-21-14;3-2(4,5)1(6)7/h1-2,6,12-13,15-16H,3-5,7-11H2,(H,18,20);(H,6,7)/t13-,15+,16+;/m0./s1. The van der Waals surface area contributed by atoms with Gasteiger partial charge in [-0.05, 0) is 43.7 Å². The van der Waals surface area contributed by atoms with Crippen molar-refractivity contribution in [3.63, 3.8) is 0 Å². The first kappa shape index (κ1) is 21.6. The molecule has 0 spiro atoms. The first-order valence-electron chi connectivity index (χ1n) is 9.70. The van der Waals surface area contributed by atoms with E-state index in [1.807, 2.05) is 12.1 Å². The van der Waals surface area contributed by atoms with Gasteiger partial charge in [-0.25, -0.2) is 4.79 Å². The molecule has 3 fully saturated rings. The van der Waals surface area contributed by atoms with Crippen LogP contribution in [0, 0.1) is 11.8 Å². The summed E-state index contributed by atoms with van der Waals surface area (Å²) >= 11 is 0. The summed E-state index contributed by atoms with van der Waals surface area (Å²) in [7, 11) is 0. The number of furan rings is 1. The molecule has 0 bridgehead atoms. The van der Waals surface area contributed by atoms with Gasteiger partial charge in [0.25, 0.3) is 0 Å². The smallest absolute Gasteiger partial charge is 0.475 e. The number of fused-ring (bicyclic) bond motifs is 1. The molecule has 7 nitrogen and oxygen atoms in total. The Kier molecular flexibility index (Phi) is 6.84. The van der Waals surface area contributed by atoms with Crippen LogP contribution in [0.5, 0.6) is 0 Å². The number of nitrogens with zero attached hydrogens (tertiary/aromatic N) is 1. The fourth-order valence-corrected chi connectivity index (χ4v) is 3.75. The number of halogens is 3. The zero-order valence-electron chi connectivity index (χ0n) is 15.9. The number of amides is 1. The van der Waals surface area contributed by atoms with Gasteiger partial charge in [0.05, 0.1) is 25.5 Å². The molecule has 2 N–H and O–H groups in total. The van der Waals surface area contributed by atoms with Crippen molar-refractivity contribution in [3.05, 3.63) is 24.2 Å². The van der Waals surface area contributed by atoms with Crippen LogP contribution in [-0.2, 0) is 20.9 Å². The Balaban J connectivity index is 0.000000298. The number of morpholine rings is 1. The summed E-state index contributed by atoms with van der Waals surface area (Å²) in [6, 6.07) is 4.28. The van der Waals surface area contributed by atoms with Crippen LogP contribution in [-0.4, -0.2) is 59.9 Å². The van der Waals surface area contributed by atoms with Crippen LogP contribution in [0.4, 0.5) is 13.2 Å². The van der Waals surface area contributed by atoms with Crippen molar-refractivity contribution in [2.75, 3.05) is 19.7 Å². The van der Waals surface area contributed by atoms with E-state index < -0.39 is 12.1 Å². The molecular formula is C19H25F3N2O5. The van der Waals surface area contributed by atoms with Crippen molar-refractivity contribution >= 4 is 11.9 Å². The summed E-state index contributed by atoms with van der Waals surface area (Å²) in [5.41, 5.74) is 0. The second-order valence-electron chi connectivity index (χ2n) is 7.69. The molecule has 0 aromatic carbocycles. The number of rotatable bonds is 5. The normalized spacial score (nSPS) is 26.9. The zero-order valence-corrected chi connectivity index (χ0v) is 15.9. The van der Waals surface area contributed by atoms with Gasteiger partial charge in [-0.3, -0.25) is 9.69 Å². The van der Waals surface area contributed by atoms with E-state index in [1.54, 1.807) is 6.26 Å². The van der Waals surface area contributed by atoms with Crippen LogP contribution >= 0.6 is 0 Å². The van der Waals surface area contributed by atoms with Gasteiger partial charge in [-0.1, -0.05) is 0 Å². The van der Waals surface area contributed by atoms with Crippen LogP contribution in [0.2, 0.25) is 0 Å². The summed E-state index contributed by atoms with van der Waals surface area (Å²) < 4.78 is 43.1. The van der Waals surface area contributed by atoms with Gasteiger partial charge in [-0.15, -0.1) is 0 Å². The van der Waals surface area contributed by atoms with E-state index in [1.165, 1.54) is 12.8 Å². The highest BCUT2D eigenvalue weighted by molar-refractivity contribution is 5.79. The second kappa shape index (κ2) is 9.17. The van der Waals surface area contributed by atoms with E-state index in [0.29, 0.717) is 6.04 Å². The van der Waals surface area contributed by atoms with Gasteiger partial charge in [0.1, 0.15) is 5.76 Å². The van der Waals surface area contributed by atoms with E-state index in [2.05, 4.69) is 10.2 Å². The molecule has 0 radical (unpaired) electrons. The number of carbonyl (C=O) groups is 2. The SMILES string of the molecule is O=C(NCC1CC1)[C@H]1C[C@@H]2[C@@H](C1)OCCN2Cc1ccco1.O=C(O)C(F)(F)F. The first-order valence-corrected chi connectivity index (χ1v) is 9.70. The lowest BCUT2D eigenvalue weighted by Gasteiger charge is -2.37. The first-order chi connectivity index (χ1) is 13.7. The number of carbonyl (C=O) groups excluding carboxylic acids is 1. The zero-order chi connectivity index (χ0) is 21.0. The number of carboxylic acid groups (broad SMARTS) is 1. The van der Waals surface area contributed by atoms with Gasteiger partial charge in [0.2, 0.25) is 5.91 Å². The molecule has 3 atom stereocenters. The minimum Gasteiger partial charge on any atom is -0.475 e. The Labute approximate surface area is 166 Å². The molecule has 1 saturated heterocycles. The maximum atomic E-state index is 12.3. The summed E-state index contributed by atoms with van der Waals surface area (Å²) in [6.07, 6.45) is 1.14. The third-order valence-corrected chi connectivity index (χ3v) is 5.47. The average molecular weight is 418 g/mol. The summed E-state index contributed by atoms with van der Waals surface area (Å²) in [4.78, 5) is 23.7. The number of carboxylic acids is 1. The lowest BCUT2D eigenvalue weighted by molar-refractivity contribution is -0.192. The molecule has 2 saturated carbocycles. The van der Waals surface area contributed by atoms with Gasteiger partial charge < -0.3 is 19.6 Å². The van der Waals surface area contributed by atoms with Crippen molar-refractivity contribution in [2.45, 2.75) is 50.6 Å². The number of hydrogen-bond donors (Lipinski definition) is 2. The van der Waals surface area contributed by atoms with E-state index in [4.69, 9.17) is 19.1 Å². The highest BCUT2D eigenvalue weighted by atomic mass is 19.4. The lowest BCUT2D eigenvalue weighted by Crippen LogP contribution is -2.47. The maximum absolute atomic E-state index is 12.3. The quantitative estimate of drug-likeness (QED) is 0.763. The molecule has 29 heavy (non-hydrogen) atoms. The van der Waals surface area contributed by atoms with Crippen molar-refractivity contribution in [2.24, 2.45) is 11.8 Å². The van der Waals surface area contributed by atoms with Crippen LogP contribution in [0.15, 0.2) is 22.8 Å². The molecule has 4 rings (SSSR count). The molecule has 2 heterocycles. The Morgan fingerprint density at radius 1 is 1.28 bits per heavy atom. The Morgan fingerprint density at radius 3 is 2.59 bits per heavy atom. The minimum atomic E-state index is -5.08. The Morgan fingerprint density at radius 2 is 2.00 bits per heavy atom. The van der Waals surface area contributed by atoms with Gasteiger partial charge >= 0.3 is 12.1 Å². The number of aliphatic carboxylic acids is 1. The number of hydrogen-bond acceptors (Lipinski definition) is 5. The Bertz CT molecular complexity index is 691. The summed E-state index contributed by atoms with van der Waals surface area (Å²) in [5.74, 6) is -0.706. The number of nitrogens with one attached hydrogen (secondary N) is 1. The highest BCUT2D eigenvalue weighted by Gasteiger charge is 2.43. The predicted molar refractivity (Wildman–Crippen MR) is 94.8 cm³/mol. The molecule has 1 aliphatic heterocycles. The van der Waals surface area contributed by atoms with Gasteiger partial charge in [0.15, 0.2) is 0 Å². The predicted octanol–water partition coefficient (Wildman–Crippen LogP) is 2.42. The van der Waals surface area contributed by atoms with Crippen LogP contribution in [0.3, 0.4) is 0 Å². The highest BCUT2D eigenvalue weighted by Crippen LogP contribution is 2.35. The Hall–Kier alpha value is -2.07. The van der Waals surface area contributed by atoms with Crippen LogP contribution in [0.1, 0.15) is 31.4 Å². The van der Waals surface area contributed by atoms with E-state index in [-0.39, 0.29) is 17.9 Å². The molecule has 10 heteroatoms. The fraction of sp³-hybridized carbons (Fsp3) is 0.684. The summed E-state index contributed by atoms with van der Waals surface area (Å²) in [6.45, 7) is 3.34. The monoisotopic (exact) mass is 418 g/mol. The van der Waals surface area contributed by atoms with Crippen molar-refractivity contribution in [1.82, 2.24) is 10.2 Å². The van der Waals surface area contributed by atoms with E-state index in [9.17, 15) is 18.0 Å². The topological polar surface area (TPSA) is 92.0 Å². The molecular weight excluding hydrogens is 393 g/mol. The van der Waals surface area contributed by atoms with Crippen LogP contribution in [0.25, 0.3) is 0 Å². The summed E-state index contributed by atoms with van der Waals surface area (Å²) in [5, 5.41) is 10.3. The largest absolute Gasteiger partial charge is 0.490 e. The molecule has 3 aliphatic rings.